The Kier molecular flexibility index (Phi) is 9.20. The van der Waals surface area contributed by atoms with E-state index in [1.807, 2.05) is 58.0 Å². The van der Waals surface area contributed by atoms with E-state index in [4.69, 9.17) is 0 Å². The fourth-order valence-electron chi connectivity index (χ4n) is 7.25. The summed E-state index contributed by atoms with van der Waals surface area (Å²) in [5.41, 5.74) is 1.01. The van der Waals surface area contributed by atoms with Crippen molar-refractivity contribution in [2.45, 2.75) is 75.7 Å². The average Bonchev–Trinajstić information content (AvgIpc) is 3.51. The predicted molar refractivity (Wildman–Crippen MR) is 160 cm³/mol. The largest absolute Gasteiger partial charge is 0.394 e. The Balaban J connectivity index is 1.80. The maximum atomic E-state index is 14.6. The zero-order valence-electron chi connectivity index (χ0n) is 24.5. The Hall–Kier alpha value is -2.58. The van der Waals surface area contributed by atoms with E-state index in [1.165, 1.54) is 0 Å². The van der Waals surface area contributed by atoms with Gasteiger partial charge in [-0.25, -0.2) is 0 Å². The van der Waals surface area contributed by atoms with E-state index in [-0.39, 0.29) is 47.5 Å². The molecule has 4 rings (SSSR count). The predicted octanol–water partition coefficient (Wildman–Crippen LogP) is 3.98. The molecule has 3 amide bonds. The highest BCUT2D eigenvalue weighted by Crippen LogP contribution is 2.69. The molecule has 1 aromatic carbocycles. The summed E-state index contributed by atoms with van der Waals surface area (Å²) >= 11 is 1.68. The Morgan fingerprint density at radius 3 is 2.33 bits per heavy atom. The van der Waals surface area contributed by atoms with Crippen LogP contribution in [0.25, 0.3) is 0 Å². The minimum Gasteiger partial charge on any atom is -0.394 e. The molecule has 218 valence electrons. The van der Waals surface area contributed by atoms with E-state index in [2.05, 4.69) is 20.1 Å². The SMILES string of the molecule is C=CCN(Cc1ccccc1)C(=O)[C@@H]1[C@@H]2CC(C)C3(S2)C(C(=O)N(CC=C)C(C)C)N([C@@H](CO)C(C)C)C(=O)[C@H]13. The van der Waals surface area contributed by atoms with Gasteiger partial charge in [-0.2, -0.15) is 0 Å². The molecule has 0 aliphatic carbocycles. The van der Waals surface area contributed by atoms with Crippen molar-refractivity contribution in [2.75, 3.05) is 19.7 Å². The molecule has 2 bridgehead atoms. The van der Waals surface area contributed by atoms with Crippen molar-refractivity contribution in [3.05, 3.63) is 61.2 Å². The van der Waals surface area contributed by atoms with Crippen LogP contribution in [0.2, 0.25) is 0 Å². The molecule has 7 atom stereocenters. The van der Waals surface area contributed by atoms with Crippen molar-refractivity contribution >= 4 is 29.5 Å². The molecule has 1 spiro atoms. The molecule has 7 nitrogen and oxygen atoms in total. The number of hydrogen-bond acceptors (Lipinski definition) is 5. The molecule has 1 N–H and O–H groups in total. The van der Waals surface area contributed by atoms with Crippen LogP contribution in [0, 0.1) is 23.7 Å². The number of thioether (sulfide) groups is 1. The molecule has 40 heavy (non-hydrogen) atoms. The summed E-state index contributed by atoms with van der Waals surface area (Å²) in [6.07, 6.45) is 4.21. The lowest BCUT2D eigenvalue weighted by Gasteiger charge is -2.43. The van der Waals surface area contributed by atoms with Crippen LogP contribution in [-0.4, -0.2) is 85.3 Å². The average molecular weight is 568 g/mol. The van der Waals surface area contributed by atoms with Crippen molar-refractivity contribution in [3.63, 3.8) is 0 Å². The van der Waals surface area contributed by atoms with E-state index >= 15 is 0 Å². The third kappa shape index (κ3) is 4.91. The van der Waals surface area contributed by atoms with E-state index in [1.54, 1.807) is 38.6 Å². The molecule has 3 heterocycles. The van der Waals surface area contributed by atoms with E-state index < -0.39 is 28.7 Å². The normalized spacial score (nSPS) is 29.6. The minimum atomic E-state index is -0.753. The van der Waals surface area contributed by atoms with Gasteiger partial charge in [-0.1, -0.05) is 63.3 Å². The van der Waals surface area contributed by atoms with E-state index in [9.17, 15) is 19.5 Å². The topological polar surface area (TPSA) is 81.2 Å². The second-order valence-electron chi connectivity index (χ2n) is 12.2. The second kappa shape index (κ2) is 12.1. The van der Waals surface area contributed by atoms with Gasteiger partial charge < -0.3 is 19.8 Å². The monoisotopic (exact) mass is 567 g/mol. The van der Waals surface area contributed by atoms with Gasteiger partial charge in [-0.3, -0.25) is 14.4 Å². The Morgan fingerprint density at radius 1 is 1.12 bits per heavy atom. The lowest BCUT2D eigenvalue weighted by Crippen LogP contribution is -2.60. The first-order chi connectivity index (χ1) is 19.0. The van der Waals surface area contributed by atoms with Crippen LogP contribution in [0.5, 0.6) is 0 Å². The molecule has 3 fully saturated rings. The van der Waals surface area contributed by atoms with E-state index in [0.29, 0.717) is 19.6 Å². The second-order valence-corrected chi connectivity index (χ2v) is 13.7. The summed E-state index contributed by atoms with van der Waals surface area (Å²) in [5.74, 6) is -1.51. The Morgan fingerprint density at radius 2 is 1.77 bits per heavy atom. The number of benzene rings is 1. The highest BCUT2D eigenvalue weighted by atomic mass is 32.2. The summed E-state index contributed by atoms with van der Waals surface area (Å²) in [6, 6.07) is 8.48. The number of rotatable bonds is 12. The van der Waals surface area contributed by atoms with Crippen LogP contribution < -0.4 is 0 Å². The van der Waals surface area contributed by atoms with Gasteiger partial charge in [0.2, 0.25) is 17.7 Å². The maximum Gasteiger partial charge on any atom is 0.247 e. The number of fused-ring (bicyclic) bond motifs is 1. The van der Waals surface area contributed by atoms with Gasteiger partial charge in [0.05, 0.1) is 29.2 Å². The van der Waals surface area contributed by atoms with Crippen LogP contribution in [0.1, 0.15) is 46.6 Å². The Bertz CT molecular complexity index is 1120. The molecule has 3 aliphatic heterocycles. The first-order valence-electron chi connectivity index (χ1n) is 14.5. The zero-order valence-corrected chi connectivity index (χ0v) is 25.3. The van der Waals surface area contributed by atoms with E-state index in [0.717, 1.165) is 12.0 Å². The fraction of sp³-hybridized carbons (Fsp3) is 0.594. The summed E-state index contributed by atoms with van der Waals surface area (Å²) in [6.45, 7) is 18.7. The lowest BCUT2D eigenvalue weighted by molar-refractivity contribution is -0.148. The van der Waals surface area contributed by atoms with Gasteiger partial charge in [-0.05, 0) is 37.7 Å². The van der Waals surface area contributed by atoms with Crippen molar-refractivity contribution in [3.8, 4) is 0 Å². The van der Waals surface area contributed by atoms with Crippen molar-refractivity contribution in [2.24, 2.45) is 23.7 Å². The Labute approximate surface area is 243 Å². The molecule has 0 aromatic heterocycles. The molecule has 3 aliphatic rings. The molecule has 8 heteroatoms. The molecular weight excluding hydrogens is 522 g/mol. The molecule has 3 saturated heterocycles. The summed E-state index contributed by atoms with van der Waals surface area (Å²) in [5, 5.41) is 10.4. The van der Waals surface area contributed by atoms with Gasteiger partial charge in [-0.15, -0.1) is 24.9 Å². The third-order valence-electron chi connectivity index (χ3n) is 9.13. The van der Waals surface area contributed by atoms with Gasteiger partial charge in [0.1, 0.15) is 6.04 Å². The maximum absolute atomic E-state index is 14.6. The summed E-state index contributed by atoms with van der Waals surface area (Å²) < 4.78 is -0.734. The zero-order chi connectivity index (χ0) is 29.4. The number of aliphatic hydroxyl groups is 1. The minimum absolute atomic E-state index is 0.0458. The molecule has 0 saturated carbocycles. The number of carbonyl (C=O) groups is 3. The molecular formula is C32H45N3O4S. The standard InChI is InChI=1S/C32H45N3O4S/c1-8-15-33(18-23-13-11-10-12-14-23)29(37)26-25-17-22(7)32(40-25)27(26)30(38)35(24(19-36)20(3)4)28(32)31(39)34(16-9-2)21(5)6/h8-14,20-22,24-28,36H,1-2,15-19H2,3-7H3/t22?,24-,25-,26+,27-,28?,32?/m0/s1. The highest BCUT2D eigenvalue weighted by molar-refractivity contribution is 8.02. The van der Waals surface area contributed by atoms with Gasteiger partial charge >= 0.3 is 0 Å². The fourth-order valence-corrected chi connectivity index (χ4v) is 9.65. The van der Waals surface area contributed by atoms with Crippen LogP contribution in [0.15, 0.2) is 55.6 Å². The van der Waals surface area contributed by atoms with Crippen LogP contribution >= 0.6 is 11.8 Å². The number of likely N-dealkylation sites (tertiary alicyclic amines) is 1. The number of carbonyl (C=O) groups excluding carboxylic acids is 3. The summed E-state index contributed by atoms with van der Waals surface area (Å²) in [4.78, 5) is 48.6. The van der Waals surface area contributed by atoms with Gasteiger partial charge in [0, 0.05) is 30.9 Å². The van der Waals surface area contributed by atoms with Crippen LogP contribution in [0.3, 0.4) is 0 Å². The van der Waals surface area contributed by atoms with Crippen molar-refractivity contribution < 1.29 is 19.5 Å². The summed E-state index contributed by atoms with van der Waals surface area (Å²) in [7, 11) is 0. The van der Waals surface area contributed by atoms with Crippen LogP contribution in [0.4, 0.5) is 0 Å². The number of hydrogen-bond donors (Lipinski definition) is 1. The molecule has 3 unspecified atom stereocenters. The molecule has 0 radical (unpaired) electrons. The third-order valence-corrected chi connectivity index (χ3v) is 11.2. The molecule has 1 aromatic rings. The smallest absolute Gasteiger partial charge is 0.247 e. The first kappa shape index (κ1) is 30.4. The van der Waals surface area contributed by atoms with Crippen LogP contribution in [-0.2, 0) is 20.9 Å². The first-order valence-corrected chi connectivity index (χ1v) is 15.4. The van der Waals surface area contributed by atoms with Crippen molar-refractivity contribution in [1.82, 2.24) is 14.7 Å². The lowest BCUT2D eigenvalue weighted by atomic mass is 9.65. The number of nitrogens with zero attached hydrogens (tertiary/aromatic N) is 3. The van der Waals surface area contributed by atoms with Crippen molar-refractivity contribution in [1.29, 1.82) is 0 Å². The quantitative estimate of drug-likeness (QED) is 0.387. The van der Waals surface area contributed by atoms with Gasteiger partial charge in [0.15, 0.2) is 0 Å². The van der Waals surface area contributed by atoms with Gasteiger partial charge in [0.25, 0.3) is 0 Å². The number of aliphatic hydroxyl groups excluding tert-OH is 1. The number of amides is 3. The highest BCUT2D eigenvalue weighted by Gasteiger charge is 2.77.